The minimum absolute atomic E-state index is 0.196. The lowest BCUT2D eigenvalue weighted by atomic mass is 10.0. The Morgan fingerprint density at radius 3 is 2.68 bits per heavy atom. The molecule has 1 aromatic heterocycles. The summed E-state index contributed by atoms with van der Waals surface area (Å²) >= 11 is 1.57. The third-order valence-corrected chi connectivity index (χ3v) is 3.98. The molecule has 0 fully saturated rings. The van der Waals surface area contributed by atoms with Crippen LogP contribution in [0.3, 0.4) is 0 Å². The third-order valence-electron chi connectivity index (χ3n) is 3.05. The van der Waals surface area contributed by atoms with Gasteiger partial charge in [0, 0.05) is 22.8 Å². The van der Waals surface area contributed by atoms with Crippen LogP contribution >= 0.6 is 11.3 Å². The summed E-state index contributed by atoms with van der Waals surface area (Å²) in [7, 11) is 0. The van der Waals surface area contributed by atoms with E-state index in [1.807, 2.05) is 23.6 Å². The van der Waals surface area contributed by atoms with Gasteiger partial charge in [-0.1, -0.05) is 24.3 Å². The van der Waals surface area contributed by atoms with Crippen LogP contribution < -0.4 is 5.73 Å². The minimum atomic E-state index is -0.196. The molecular weight excluding hydrogens is 259 g/mol. The van der Waals surface area contributed by atoms with E-state index in [1.54, 1.807) is 23.5 Å². The minimum Gasteiger partial charge on any atom is -0.330 e. The first-order valence-electron chi connectivity index (χ1n) is 6.11. The molecule has 4 heteroatoms. The highest BCUT2D eigenvalue weighted by Gasteiger charge is 2.10. The molecule has 2 N–H and O–H groups in total. The molecule has 1 heterocycles. The van der Waals surface area contributed by atoms with E-state index in [0.717, 1.165) is 28.1 Å². The van der Waals surface area contributed by atoms with E-state index in [4.69, 9.17) is 5.73 Å². The molecule has 2 nitrogen and oxygen atoms in total. The molecule has 0 aliphatic heterocycles. The van der Waals surface area contributed by atoms with Crippen molar-refractivity contribution in [1.29, 1.82) is 0 Å². The van der Waals surface area contributed by atoms with E-state index in [9.17, 15) is 4.39 Å². The molecule has 3 rings (SSSR count). The topological polar surface area (TPSA) is 38.9 Å². The van der Waals surface area contributed by atoms with E-state index >= 15 is 0 Å². The summed E-state index contributed by atoms with van der Waals surface area (Å²) in [5, 5.41) is 4.46. The highest BCUT2D eigenvalue weighted by atomic mass is 32.1. The van der Waals surface area contributed by atoms with Gasteiger partial charge in [0.1, 0.15) is 10.8 Å². The molecule has 0 radical (unpaired) electrons. The highest BCUT2D eigenvalue weighted by molar-refractivity contribution is 7.13. The molecule has 0 atom stereocenters. The van der Waals surface area contributed by atoms with Gasteiger partial charge >= 0.3 is 0 Å². The van der Waals surface area contributed by atoms with Gasteiger partial charge < -0.3 is 5.73 Å². The number of hydrogen-bond acceptors (Lipinski definition) is 3. The lowest BCUT2D eigenvalue weighted by molar-refractivity contribution is 0.640. The highest BCUT2D eigenvalue weighted by Crippen LogP contribution is 2.32. The number of hydrogen-bond donors (Lipinski definition) is 1. The van der Waals surface area contributed by atoms with E-state index < -0.39 is 0 Å². The molecule has 0 spiro atoms. The van der Waals surface area contributed by atoms with Crippen molar-refractivity contribution in [2.45, 2.75) is 6.42 Å². The molecule has 3 aromatic rings. The maximum atomic E-state index is 13.8. The second kappa shape index (κ2) is 5.07. The first kappa shape index (κ1) is 12.3. The average Bonchev–Trinajstić information content (AvgIpc) is 2.88. The van der Waals surface area contributed by atoms with Gasteiger partial charge in [0.2, 0.25) is 0 Å². The number of rotatable bonds is 3. The Hall–Kier alpha value is -1.78. The van der Waals surface area contributed by atoms with Gasteiger partial charge in [0.05, 0.1) is 5.69 Å². The SMILES string of the molecule is NCCc1csc(-c2ccc(F)c3ccccc23)n1. The van der Waals surface area contributed by atoms with E-state index in [-0.39, 0.29) is 5.82 Å². The van der Waals surface area contributed by atoms with Gasteiger partial charge in [-0.15, -0.1) is 11.3 Å². The first-order valence-corrected chi connectivity index (χ1v) is 6.99. The third kappa shape index (κ3) is 2.25. The van der Waals surface area contributed by atoms with Gasteiger partial charge in [0.25, 0.3) is 0 Å². The van der Waals surface area contributed by atoms with Crippen LogP contribution in [0.2, 0.25) is 0 Å². The molecule has 0 unspecified atom stereocenters. The van der Waals surface area contributed by atoms with Crippen molar-refractivity contribution in [3.8, 4) is 10.6 Å². The standard InChI is InChI=1S/C15H13FN2S/c16-14-6-5-13(11-3-1-2-4-12(11)14)15-18-10(7-8-17)9-19-15/h1-6,9H,7-8,17H2. The molecule has 0 amide bonds. The Morgan fingerprint density at radius 1 is 1.11 bits per heavy atom. The van der Waals surface area contributed by atoms with Crippen LogP contribution in [0, 0.1) is 5.82 Å². The monoisotopic (exact) mass is 272 g/mol. The summed E-state index contributed by atoms with van der Waals surface area (Å²) in [4.78, 5) is 4.57. The Morgan fingerprint density at radius 2 is 1.89 bits per heavy atom. The molecule has 0 aliphatic carbocycles. The molecule has 0 aliphatic rings. The van der Waals surface area contributed by atoms with Crippen molar-refractivity contribution < 1.29 is 4.39 Å². The van der Waals surface area contributed by atoms with Crippen LogP contribution in [0.4, 0.5) is 4.39 Å². The number of aromatic nitrogens is 1. The van der Waals surface area contributed by atoms with E-state index in [1.165, 1.54) is 6.07 Å². The molecule has 2 aromatic carbocycles. The van der Waals surface area contributed by atoms with Gasteiger partial charge in [-0.3, -0.25) is 0 Å². The van der Waals surface area contributed by atoms with Crippen LogP contribution in [0.1, 0.15) is 5.69 Å². The molecule has 0 saturated carbocycles. The zero-order valence-electron chi connectivity index (χ0n) is 10.3. The lowest BCUT2D eigenvalue weighted by Crippen LogP contribution is -2.02. The second-order valence-electron chi connectivity index (χ2n) is 4.32. The first-order chi connectivity index (χ1) is 9.29. The summed E-state index contributed by atoms with van der Waals surface area (Å²) in [5.74, 6) is -0.196. The second-order valence-corrected chi connectivity index (χ2v) is 5.18. The van der Waals surface area contributed by atoms with E-state index in [0.29, 0.717) is 11.9 Å². The fourth-order valence-corrected chi connectivity index (χ4v) is 3.04. The number of halogens is 1. The van der Waals surface area contributed by atoms with Crippen molar-refractivity contribution in [1.82, 2.24) is 4.98 Å². The average molecular weight is 272 g/mol. The van der Waals surface area contributed by atoms with Crippen LogP contribution in [0.25, 0.3) is 21.3 Å². The summed E-state index contributed by atoms with van der Waals surface area (Å²) in [6, 6.07) is 10.8. The van der Waals surface area contributed by atoms with E-state index in [2.05, 4.69) is 4.98 Å². The largest absolute Gasteiger partial charge is 0.330 e. The molecule has 0 bridgehead atoms. The maximum absolute atomic E-state index is 13.8. The molecule has 96 valence electrons. The van der Waals surface area contributed by atoms with Crippen LogP contribution in [0.5, 0.6) is 0 Å². The van der Waals surface area contributed by atoms with Crippen LogP contribution in [-0.4, -0.2) is 11.5 Å². The van der Waals surface area contributed by atoms with Gasteiger partial charge in [-0.2, -0.15) is 0 Å². The van der Waals surface area contributed by atoms with Gasteiger partial charge in [-0.25, -0.2) is 9.37 Å². The van der Waals surface area contributed by atoms with Gasteiger partial charge in [0.15, 0.2) is 0 Å². The zero-order chi connectivity index (χ0) is 13.2. The van der Waals surface area contributed by atoms with Crippen molar-refractivity contribution in [2.75, 3.05) is 6.54 Å². The number of thiazole rings is 1. The maximum Gasteiger partial charge on any atom is 0.131 e. The van der Waals surface area contributed by atoms with Crippen molar-refractivity contribution >= 4 is 22.1 Å². The Kier molecular flexibility index (Phi) is 3.27. The zero-order valence-corrected chi connectivity index (χ0v) is 11.1. The molecule has 19 heavy (non-hydrogen) atoms. The Balaban J connectivity index is 2.16. The Labute approximate surface area is 114 Å². The Bertz CT molecular complexity index is 721. The van der Waals surface area contributed by atoms with Crippen LogP contribution in [-0.2, 0) is 6.42 Å². The fourth-order valence-electron chi connectivity index (χ4n) is 2.14. The van der Waals surface area contributed by atoms with Crippen molar-refractivity contribution in [3.63, 3.8) is 0 Å². The van der Waals surface area contributed by atoms with Crippen molar-refractivity contribution in [3.05, 3.63) is 53.3 Å². The van der Waals surface area contributed by atoms with Crippen molar-refractivity contribution in [2.24, 2.45) is 5.73 Å². The number of nitrogens with two attached hydrogens (primary N) is 1. The molecule has 0 saturated heterocycles. The van der Waals surface area contributed by atoms with Gasteiger partial charge in [-0.05, 0) is 24.1 Å². The summed E-state index contributed by atoms with van der Waals surface area (Å²) in [5.41, 5.74) is 7.51. The fraction of sp³-hybridized carbons (Fsp3) is 0.133. The normalized spacial score (nSPS) is 11.1. The molecular formula is C15H13FN2S. The number of benzene rings is 2. The lowest BCUT2D eigenvalue weighted by Gasteiger charge is -2.04. The summed E-state index contributed by atoms with van der Waals surface area (Å²) < 4.78 is 13.8. The van der Waals surface area contributed by atoms with Crippen LogP contribution in [0.15, 0.2) is 41.8 Å². The predicted molar refractivity (Wildman–Crippen MR) is 77.8 cm³/mol. The predicted octanol–water partition coefficient (Wildman–Crippen LogP) is 3.60. The summed E-state index contributed by atoms with van der Waals surface area (Å²) in [6.45, 7) is 0.591. The number of nitrogens with zero attached hydrogens (tertiary/aromatic N) is 1. The quantitative estimate of drug-likeness (QED) is 0.791. The smallest absolute Gasteiger partial charge is 0.131 e. The summed E-state index contributed by atoms with van der Waals surface area (Å²) in [6.07, 6.45) is 0.773. The number of fused-ring (bicyclic) bond motifs is 1.